The molecule has 2 fully saturated rings. The third kappa shape index (κ3) is 3.12. The molecule has 2 rings (SSSR count). The van der Waals surface area contributed by atoms with E-state index >= 15 is 0 Å². The maximum atomic E-state index is 12.0. The van der Waals surface area contributed by atoms with Crippen LogP contribution in [0, 0.1) is 35.5 Å². The van der Waals surface area contributed by atoms with Crippen LogP contribution in [0.3, 0.4) is 0 Å². The molecule has 1 saturated carbocycles. The molecular formula is C17H22O3. The number of fused-ring (bicyclic) bond motifs is 1. The molecule has 0 spiro atoms. The fourth-order valence-corrected chi connectivity index (χ4v) is 3.24. The molecule has 0 amide bonds. The number of allylic oxidation sites excluding steroid dienone is 2. The van der Waals surface area contributed by atoms with Crippen LogP contribution in [-0.2, 0) is 14.3 Å². The molecule has 3 nitrogen and oxygen atoms in total. The zero-order chi connectivity index (χ0) is 14.7. The molecule has 0 radical (unpaired) electrons. The van der Waals surface area contributed by atoms with E-state index < -0.39 is 0 Å². The SMILES string of the molecule is CC#CC[C@H](C)C(=O)/C=C/[C@@H]1[C@H]2CC(=O)O[C@H]2C[C@H]1C. The van der Waals surface area contributed by atoms with E-state index in [1.165, 1.54) is 0 Å². The highest BCUT2D eigenvalue weighted by molar-refractivity contribution is 5.91. The van der Waals surface area contributed by atoms with Crippen molar-refractivity contribution in [3.63, 3.8) is 0 Å². The number of esters is 1. The number of carbonyl (C=O) groups is 2. The maximum absolute atomic E-state index is 12.0. The average Bonchev–Trinajstić information content (AvgIpc) is 2.88. The zero-order valence-electron chi connectivity index (χ0n) is 12.4. The van der Waals surface area contributed by atoms with E-state index in [9.17, 15) is 9.59 Å². The molecule has 1 heterocycles. The van der Waals surface area contributed by atoms with Crippen LogP contribution >= 0.6 is 0 Å². The summed E-state index contributed by atoms with van der Waals surface area (Å²) < 4.78 is 5.32. The molecule has 108 valence electrons. The molecule has 5 atom stereocenters. The minimum Gasteiger partial charge on any atom is -0.462 e. The van der Waals surface area contributed by atoms with Crippen molar-refractivity contribution in [2.45, 2.75) is 46.1 Å². The van der Waals surface area contributed by atoms with Gasteiger partial charge in [0.1, 0.15) is 6.10 Å². The lowest BCUT2D eigenvalue weighted by molar-refractivity contribution is -0.141. The van der Waals surface area contributed by atoms with Crippen molar-refractivity contribution in [1.29, 1.82) is 0 Å². The van der Waals surface area contributed by atoms with E-state index in [0.717, 1.165) is 6.42 Å². The van der Waals surface area contributed by atoms with Gasteiger partial charge < -0.3 is 4.74 Å². The van der Waals surface area contributed by atoms with Crippen molar-refractivity contribution in [3.8, 4) is 11.8 Å². The maximum Gasteiger partial charge on any atom is 0.306 e. The minimum atomic E-state index is -0.0942. The number of ketones is 1. The summed E-state index contributed by atoms with van der Waals surface area (Å²) in [5.41, 5.74) is 0. The van der Waals surface area contributed by atoms with Gasteiger partial charge in [-0.05, 0) is 31.3 Å². The zero-order valence-corrected chi connectivity index (χ0v) is 12.4. The Balaban J connectivity index is 1.97. The van der Waals surface area contributed by atoms with Gasteiger partial charge >= 0.3 is 5.97 Å². The van der Waals surface area contributed by atoms with E-state index in [2.05, 4.69) is 18.8 Å². The highest BCUT2D eigenvalue weighted by Gasteiger charge is 2.47. The summed E-state index contributed by atoms with van der Waals surface area (Å²) in [6.07, 6.45) is 5.76. The van der Waals surface area contributed by atoms with Gasteiger partial charge in [0.15, 0.2) is 5.78 Å². The summed E-state index contributed by atoms with van der Waals surface area (Å²) in [6, 6.07) is 0. The minimum absolute atomic E-state index is 0.0608. The van der Waals surface area contributed by atoms with E-state index in [1.54, 1.807) is 13.0 Å². The van der Waals surface area contributed by atoms with Gasteiger partial charge in [-0.1, -0.05) is 19.9 Å². The largest absolute Gasteiger partial charge is 0.462 e. The van der Waals surface area contributed by atoms with Gasteiger partial charge in [-0.3, -0.25) is 9.59 Å². The third-order valence-corrected chi connectivity index (χ3v) is 4.47. The predicted molar refractivity (Wildman–Crippen MR) is 76.6 cm³/mol. The molecular weight excluding hydrogens is 252 g/mol. The van der Waals surface area contributed by atoms with Gasteiger partial charge in [0.25, 0.3) is 0 Å². The highest BCUT2D eigenvalue weighted by Crippen LogP contribution is 2.45. The predicted octanol–water partition coefficient (Wildman–Crippen LogP) is 2.75. The molecule has 1 saturated heterocycles. The fourth-order valence-electron chi connectivity index (χ4n) is 3.24. The van der Waals surface area contributed by atoms with Crippen LogP contribution in [0.4, 0.5) is 0 Å². The van der Waals surface area contributed by atoms with E-state index in [-0.39, 0.29) is 35.6 Å². The number of ether oxygens (including phenoxy) is 1. The second-order valence-corrected chi connectivity index (χ2v) is 5.98. The Kier molecular flexibility index (Phi) is 4.65. The van der Waals surface area contributed by atoms with Crippen molar-refractivity contribution >= 4 is 11.8 Å². The van der Waals surface area contributed by atoms with Crippen molar-refractivity contribution in [2.24, 2.45) is 23.7 Å². The van der Waals surface area contributed by atoms with Gasteiger partial charge in [-0.15, -0.1) is 11.8 Å². The number of carbonyl (C=O) groups excluding carboxylic acids is 2. The summed E-state index contributed by atoms with van der Waals surface area (Å²) in [5.74, 6) is 6.71. The van der Waals surface area contributed by atoms with Crippen LogP contribution in [-0.4, -0.2) is 17.9 Å². The van der Waals surface area contributed by atoms with Crippen LogP contribution in [0.5, 0.6) is 0 Å². The monoisotopic (exact) mass is 274 g/mol. The number of rotatable bonds is 4. The Morgan fingerprint density at radius 1 is 1.55 bits per heavy atom. The second-order valence-electron chi connectivity index (χ2n) is 5.98. The van der Waals surface area contributed by atoms with Crippen LogP contribution < -0.4 is 0 Å². The first kappa shape index (κ1) is 14.8. The summed E-state index contributed by atoms with van der Waals surface area (Å²) >= 11 is 0. The molecule has 0 aromatic rings. The highest BCUT2D eigenvalue weighted by atomic mass is 16.6. The molecule has 0 N–H and O–H groups in total. The molecule has 1 aliphatic heterocycles. The summed E-state index contributed by atoms with van der Waals surface area (Å²) in [4.78, 5) is 23.4. The third-order valence-electron chi connectivity index (χ3n) is 4.47. The molecule has 0 unspecified atom stereocenters. The average molecular weight is 274 g/mol. The summed E-state index contributed by atoms with van der Waals surface area (Å²) in [5, 5.41) is 0. The van der Waals surface area contributed by atoms with Crippen LogP contribution in [0.25, 0.3) is 0 Å². The Morgan fingerprint density at radius 3 is 3.00 bits per heavy atom. The van der Waals surface area contributed by atoms with Gasteiger partial charge in [0.2, 0.25) is 0 Å². The number of hydrogen-bond donors (Lipinski definition) is 0. The molecule has 20 heavy (non-hydrogen) atoms. The summed E-state index contributed by atoms with van der Waals surface area (Å²) in [6.45, 7) is 5.85. The molecule has 0 aromatic heterocycles. The van der Waals surface area contributed by atoms with Crippen molar-refractivity contribution in [3.05, 3.63) is 12.2 Å². The van der Waals surface area contributed by atoms with Crippen molar-refractivity contribution in [1.82, 2.24) is 0 Å². The van der Waals surface area contributed by atoms with Gasteiger partial charge in [0, 0.05) is 18.3 Å². The Bertz CT molecular complexity index is 480. The van der Waals surface area contributed by atoms with E-state index in [0.29, 0.717) is 18.8 Å². The van der Waals surface area contributed by atoms with E-state index in [4.69, 9.17) is 4.74 Å². The lowest BCUT2D eigenvalue weighted by atomic mass is 9.87. The molecule has 2 aliphatic rings. The van der Waals surface area contributed by atoms with E-state index in [1.807, 2.05) is 13.0 Å². The molecule has 0 aromatic carbocycles. The van der Waals surface area contributed by atoms with Gasteiger partial charge in [-0.2, -0.15) is 0 Å². The fraction of sp³-hybridized carbons (Fsp3) is 0.647. The van der Waals surface area contributed by atoms with Gasteiger partial charge in [-0.25, -0.2) is 0 Å². The molecule has 0 bridgehead atoms. The Morgan fingerprint density at radius 2 is 2.30 bits per heavy atom. The second kappa shape index (κ2) is 6.26. The number of hydrogen-bond acceptors (Lipinski definition) is 3. The van der Waals surface area contributed by atoms with Crippen LogP contribution in [0.15, 0.2) is 12.2 Å². The first-order chi connectivity index (χ1) is 9.52. The normalized spacial score (nSPS) is 33.5. The van der Waals surface area contributed by atoms with Crippen molar-refractivity contribution < 1.29 is 14.3 Å². The standard InChI is InChI=1S/C17H22O3/c1-4-5-6-11(2)15(18)8-7-13-12(3)9-16-14(13)10-17(19)20-16/h7-8,11-14,16H,6,9-10H2,1-3H3/b8-7+/t11-,12+,13-,14+,16-/m0/s1. The topological polar surface area (TPSA) is 43.4 Å². The van der Waals surface area contributed by atoms with Crippen LogP contribution in [0.1, 0.15) is 40.0 Å². The van der Waals surface area contributed by atoms with Crippen LogP contribution in [0.2, 0.25) is 0 Å². The first-order valence-corrected chi connectivity index (χ1v) is 7.34. The first-order valence-electron chi connectivity index (χ1n) is 7.34. The summed E-state index contributed by atoms with van der Waals surface area (Å²) in [7, 11) is 0. The molecule has 3 heteroatoms. The van der Waals surface area contributed by atoms with Crippen molar-refractivity contribution in [2.75, 3.05) is 0 Å². The smallest absolute Gasteiger partial charge is 0.306 e. The Labute approximate surface area is 120 Å². The molecule has 1 aliphatic carbocycles. The Hall–Kier alpha value is -1.56. The lowest BCUT2D eigenvalue weighted by Gasteiger charge is -2.15. The van der Waals surface area contributed by atoms with Gasteiger partial charge in [0.05, 0.1) is 6.42 Å². The lowest BCUT2D eigenvalue weighted by Crippen LogP contribution is -2.14. The quantitative estimate of drug-likeness (QED) is 0.450.